The minimum atomic E-state index is -5.10. The largest absolute Gasteiger partial charge is 0.238 e. The highest BCUT2D eigenvalue weighted by Gasteiger charge is 2.28. The Bertz CT molecular complexity index is 332. The molecule has 0 atom stereocenters. The normalized spacial score (nSPS) is 12.9. The summed E-state index contributed by atoms with van der Waals surface area (Å²) < 4.78 is 38.1. The molecule has 0 radical (unpaired) electrons. The van der Waals surface area contributed by atoms with Crippen LogP contribution in [0.2, 0.25) is 0 Å². The van der Waals surface area contributed by atoms with Crippen molar-refractivity contribution in [2.75, 3.05) is 0 Å². The van der Waals surface area contributed by atoms with E-state index in [9.17, 15) is 11.7 Å². The monoisotopic (exact) mass is 236 g/mol. The summed E-state index contributed by atoms with van der Waals surface area (Å²) in [6, 6.07) is 3.32. The minimum absolute atomic E-state index is 0.362. The molecule has 1 aromatic rings. The predicted molar refractivity (Wildman–Crippen MR) is 59.1 cm³/mol. The van der Waals surface area contributed by atoms with E-state index in [2.05, 4.69) is 0 Å². The molecule has 0 heterocycles. The number of benzene rings is 1. The topological polar surface area (TPSA) is 0 Å². The molecule has 0 fully saturated rings. The zero-order valence-corrected chi connectivity index (χ0v) is 9.93. The van der Waals surface area contributed by atoms with Crippen LogP contribution in [0, 0.1) is 13.8 Å². The molecule has 86 valence electrons. The van der Waals surface area contributed by atoms with Crippen LogP contribution in [0.25, 0.3) is 0 Å². The molecule has 0 aliphatic heterocycles. The van der Waals surface area contributed by atoms with Crippen LogP contribution in [0.5, 0.6) is 0 Å². The molecule has 0 spiro atoms. The van der Waals surface area contributed by atoms with Crippen LogP contribution in [0.3, 0.4) is 0 Å². The van der Waals surface area contributed by atoms with Gasteiger partial charge < -0.3 is 0 Å². The van der Waals surface area contributed by atoms with Gasteiger partial charge in [0.15, 0.2) is 0 Å². The van der Waals surface area contributed by atoms with E-state index in [1.54, 1.807) is 26.0 Å². The van der Waals surface area contributed by atoms with E-state index in [0.717, 1.165) is 18.4 Å². The Morgan fingerprint density at radius 1 is 1.07 bits per heavy atom. The summed E-state index contributed by atoms with van der Waals surface area (Å²) >= 11 is -5.10. The molecule has 0 amide bonds. The molecule has 0 unspecified atom stereocenters. The fourth-order valence-corrected chi connectivity index (χ4v) is 2.69. The Morgan fingerprint density at radius 3 is 1.87 bits per heavy atom. The van der Waals surface area contributed by atoms with Crippen LogP contribution in [-0.4, -0.2) is 0 Å². The van der Waals surface area contributed by atoms with Crippen molar-refractivity contribution in [2.45, 2.75) is 38.5 Å². The van der Waals surface area contributed by atoms with E-state index in [-0.39, 0.29) is 0 Å². The molecule has 0 saturated heterocycles. The van der Waals surface area contributed by atoms with Crippen LogP contribution in [0.1, 0.15) is 30.0 Å². The second-order valence-corrected chi connectivity index (χ2v) is 4.94. The highest BCUT2D eigenvalue weighted by Crippen LogP contribution is 2.62. The van der Waals surface area contributed by atoms with Crippen LogP contribution < -0.4 is 0 Å². The first-order chi connectivity index (χ1) is 6.86. The molecule has 0 nitrogen and oxygen atoms in total. The maximum absolute atomic E-state index is 12.7. The van der Waals surface area contributed by atoms with Gasteiger partial charge in [-0.1, -0.05) is 25.5 Å². The Morgan fingerprint density at radius 2 is 1.53 bits per heavy atom. The Balaban J connectivity index is 3.22. The highest BCUT2D eigenvalue weighted by molar-refractivity contribution is 8.21. The lowest BCUT2D eigenvalue weighted by Crippen LogP contribution is -1.94. The quantitative estimate of drug-likeness (QED) is 0.687. The van der Waals surface area contributed by atoms with Crippen molar-refractivity contribution >= 4 is 11.2 Å². The van der Waals surface area contributed by atoms with Gasteiger partial charge in [-0.25, -0.2) is 0 Å². The van der Waals surface area contributed by atoms with E-state index in [4.69, 9.17) is 0 Å². The van der Waals surface area contributed by atoms with E-state index in [1.807, 2.05) is 6.92 Å². The lowest BCUT2D eigenvalue weighted by molar-refractivity contribution is 0.630. The summed E-state index contributed by atoms with van der Waals surface area (Å²) in [6.45, 7) is 5.11. The molecule has 0 bridgehead atoms. The summed E-state index contributed by atoms with van der Waals surface area (Å²) in [5, 5.41) is 0. The standard InChI is InChI=1S/C11H15F3S/c1-4-5-10-6-8(2)11(9(3)7-10)15(12,13)14/h6-7H,4-5H2,1-3H3. The lowest BCUT2D eigenvalue weighted by atomic mass is 10.0. The fraction of sp³-hybridized carbons (Fsp3) is 0.455. The van der Waals surface area contributed by atoms with Gasteiger partial charge in [0.1, 0.15) is 0 Å². The number of hydrogen-bond acceptors (Lipinski definition) is 0. The van der Waals surface area contributed by atoms with Crippen LogP contribution in [0.15, 0.2) is 17.0 Å². The van der Waals surface area contributed by atoms with E-state index < -0.39 is 16.1 Å². The van der Waals surface area contributed by atoms with Crippen molar-refractivity contribution in [1.29, 1.82) is 0 Å². The van der Waals surface area contributed by atoms with Gasteiger partial charge in [-0.15, -0.1) is 11.7 Å². The van der Waals surface area contributed by atoms with Gasteiger partial charge in [0.05, 0.1) is 4.90 Å². The molecule has 0 aliphatic rings. The maximum Gasteiger partial charge on any atom is 0.238 e. The maximum atomic E-state index is 12.7. The smallest absolute Gasteiger partial charge is 0.120 e. The molecule has 0 saturated carbocycles. The Kier molecular flexibility index (Phi) is 3.71. The SMILES string of the molecule is CCCc1cc(C)c(S(F)(F)F)c(C)c1. The second-order valence-electron chi connectivity index (χ2n) is 3.72. The van der Waals surface area contributed by atoms with Gasteiger partial charge in [-0.3, -0.25) is 0 Å². The van der Waals surface area contributed by atoms with Crippen molar-refractivity contribution in [3.63, 3.8) is 0 Å². The lowest BCUT2D eigenvalue weighted by Gasteiger charge is -2.17. The molecule has 0 N–H and O–H groups in total. The van der Waals surface area contributed by atoms with Gasteiger partial charge in [0.25, 0.3) is 0 Å². The summed E-state index contributed by atoms with van der Waals surface area (Å²) in [5.74, 6) is 0. The molecule has 1 aromatic carbocycles. The van der Waals surface area contributed by atoms with Crippen molar-refractivity contribution in [3.8, 4) is 0 Å². The summed E-state index contributed by atoms with van der Waals surface area (Å²) in [4.78, 5) is -0.401. The number of rotatable bonds is 3. The molecular formula is C11H15F3S. The molecule has 15 heavy (non-hydrogen) atoms. The van der Waals surface area contributed by atoms with Crippen molar-refractivity contribution < 1.29 is 11.7 Å². The molecule has 0 aromatic heterocycles. The van der Waals surface area contributed by atoms with E-state index >= 15 is 0 Å². The fourth-order valence-electron chi connectivity index (χ4n) is 1.84. The van der Waals surface area contributed by atoms with E-state index in [0.29, 0.717) is 11.1 Å². The van der Waals surface area contributed by atoms with Crippen LogP contribution in [0.4, 0.5) is 11.7 Å². The Labute approximate surface area is 90.7 Å². The number of aryl methyl sites for hydroxylation is 3. The van der Waals surface area contributed by atoms with Gasteiger partial charge >= 0.3 is 0 Å². The third-order valence-corrected chi connectivity index (χ3v) is 3.40. The van der Waals surface area contributed by atoms with Crippen molar-refractivity contribution in [1.82, 2.24) is 0 Å². The average molecular weight is 236 g/mol. The zero-order valence-electron chi connectivity index (χ0n) is 9.11. The first-order valence-electron chi connectivity index (χ1n) is 4.88. The summed E-state index contributed by atoms with van der Waals surface area (Å²) in [5.41, 5.74) is 1.72. The van der Waals surface area contributed by atoms with Gasteiger partial charge in [-0.05, 0) is 37.0 Å². The molecule has 0 aliphatic carbocycles. The molecule has 4 heteroatoms. The van der Waals surface area contributed by atoms with E-state index in [1.165, 1.54) is 0 Å². The third-order valence-electron chi connectivity index (χ3n) is 2.29. The number of hydrogen-bond donors (Lipinski definition) is 0. The van der Waals surface area contributed by atoms with Crippen molar-refractivity contribution in [2.24, 2.45) is 0 Å². The summed E-state index contributed by atoms with van der Waals surface area (Å²) in [6.07, 6.45) is 1.80. The predicted octanol–water partition coefficient (Wildman–Crippen LogP) is 5.07. The average Bonchev–Trinajstić information content (AvgIpc) is 1.99. The van der Waals surface area contributed by atoms with Gasteiger partial charge in [0.2, 0.25) is 11.2 Å². The second kappa shape index (κ2) is 4.47. The summed E-state index contributed by atoms with van der Waals surface area (Å²) in [7, 11) is 0. The van der Waals surface area contributed by atoms with Crippen LogP contribution >= 0.6 is 11.2 Å². The van der Waals surface area contributed by atoms with Crippen molar-refractivity contribution in [3.05, 3.63) is 28.8 Å². The third kappa shape index (κ3) is 2.91. The number of halogens is 3. The van der Waals surface area contributed by atoms with Gasteiger partial charge in [-0.2, -0.15) is 0 Å². The zero-order chi connectivity index (χ0) is 11.6. The molecule has 1 rings (SSSR count). The first kappa shape index (κ1) is 12.4. The first-order valence-corrected chi connectivity index (χ1v) is 6.22. The highest BCUT2D eigenvalue weighted by atomic mass is 32.3. The minimum Gasteiger partial charge on any atom is -0.120 e. The Hall–Kier alpha value is -0.640. The molecular weight excluding hydrogens is 221 g/mol. The van der Waals surface area contributed by atoms with Gasteiger partial charge in [0, 0.05) is 0 Å². The van der Waals surface area contributed by atoms with Crippen LogP contribution in [-0.2, 0) is 6.42 Å².